The zero-order valence-corrected chi connectivity index (χ0v) is 16.3. The van der Waals surface area contributed by atoms with Crippen molar-refractivity contribution in [2.45, 2.75) is 16.5 Å². The van der Waals surface area contributed by atoms with E-state index in [1.807, 2.05) is 54.8 Å². The van der Waals surface area contributed by atoms with Crippen molar-refractivity contribution >= 4 is 46.7 Å². The highest BCUT2D eigenvalue weighted by atomic mass is 32.2. The molecule has 0 amide bonds. The number of nitrogens with zero attached hydrogens (tertiary/aromatic N) is 4. The standard InChI is InChI=1S/C16H12N4OS4/c1-10(13-17-18-14(21-13)12-8-5-9-23-12)24-15-19-20(16(22)25-15)11-6-3-2-4-7-11/h2-10H,1H3/t10-/m0/s1. The fraction of sp³-hybridized carbons (Fsp3) is 0.125. The minimum absolute atomic E-state index is 0.00835. The van der Waals surface area contributed by atoms with E-state index in [1.54, 1.807) is 27.8 Å². The molecular formula is C16H12N4OS4. The zero-order chi connectivity index (χ0) is 17.2. The third-order valence-corrected chi connectivity index (χ3v) is 6.59. The summed E-state index contributed by atoms with van der Waals surface area (Å²) in [6, 6.07) is 13.8. The molecule has 0 aliphatic rings. The minimum Gasteiger partial charge on any atom is -0.419 e. The molecule has 3 aromatic heterocycles. The van der Waals surface area contributed by atoms with E-state index in [2.05, 4.69) is 15.3 Å². The molecule has 5 nitrogen and oxygen atoms in total. The van der Waals surface area contributed by atoms with Gasteiger partial charge in [-0.25, -0.2) is 4.68 Å². The number of benzene rings is 1. The molecule has 0 saturated heterocycles. The maximum absolute atomic E-state index is 5.80. The Morgan fingerprint density at radius 1 is 1.16 bits per heavy atom. The largest absolute Gasteiger partial charge is 0.419 e. The van der Waals surface area contributed by atoms with E-state index in [0.29, 0.717) is 15.7 Å². The van der Waals surface area contributed by atoms with Crippen LogP contribution in [0.5, 0.6) is 0 Å². The number of hydrogen-bond acceptors (Lipinski definition) is 8. The summed E-state index contributed by atoms with van der Waals surface area (Å²) < 4.78 is 9.16. The van der Waals surface area contributed by atoms with Crippen LogP contribution in [0.15, 0.2) is 56.6 Å². The summed E-state index contributed by atoms with van der Waals surface area (Å²) >= 11 is 10.1. The Bertz CT molecular complexity index is 1020. The zero-order valence-electron chi connectivity index (χ0n) is 13.0. The topological polar surface area (TPSA) is 56.7 Å². The van der Waals surface area contributed by atoms with E-state index in [0.717, 1.165) is 14.9 Å². The highest BCUT2D eigenvalue weighted by Crippen LogP contribution is 2.37. The van der Waals surface area contributed by atoms with Gasteiger partial charge in [-0.15, -0.1) is 26.6 Å². The number of thiophene rings is 1. The van der Waals surface area contributed by atoms with E-state index >= 15 is 0 Å². The van der Waals surface area contributed by atoms with Crippen LogP contribution in [0.2, 0.25) is 0 Å². The molecule has 1 aromatic carbocycles. The van der Waals surface area contributed by atoms with E-state index < -0.39 is 0 Å². The molecule has 4 rings (SSSR count). The van der Waals surface area contributed by atoms with Crippen LogP contribution in [-0.2, 0) is 0 Å². The average Bonchev–Trinajstić information content (AvgIpc) is 3.36. The van der Waals surface area contributed by atoms with Gasteiger partial charge in [0.15, 0.2) is 8.29 Å². The van der Waals surface area contributed by atoms with Crippen molar-refractivity contribution in [3.8, 4) is 16.5 Å². The van der Waals surface area contributed by atoms with E-state index in [9.17, 15) is 0 Å². The summed E-state index contributed by atoms with van der Waals surface area (Å²) in [5.41, 5.74) is 0.959. The highest BCUT2D eigenvalue weighted by molar-refractivity contribution is 8.01. The van der Waals surface area contributed by atoms with Gasteiger partial charge in [-0.05, 0) is 42.7 Å². The minimum atomic E-state index is -0.00835. The molecule has 3 heterocycles. The first kappa shape index (κ1) is 16.6. The van der Waals surface area contributed by atoms with Gasteiger partial charge in [0, 0.05) is 0 Å². The molecule has 126 valence electrons. The van der Waals surface area contributed by atoms with Crippen molar-refractivity contribution in [2.24, 2.45) is 0 Å². The monoisotopic (exact) mass is 404 g/mol. The van der Waals surface area contributed by atoms with Gasteiger partial charge in [-0.1, -0.05) is 47.4 Å². The normalized spacial score (nSPS) is 12.4. The first-order valence-electron chi connectivity index (χ1n) is 7.40. The Labute approximate surface area is 161 Å². The third kappa shape index (κ3) is 3.59. The third-order valence-electron chi connectivity index (χ3n) is 3.33. The molecule has 0 spiro atoms. The van der Waals surface area contributed by atoms with Crippen LogP contribution in [0.1, 0.15) is 18.1 Å². The van der Waals surface area contributed by atoms with Gasteiger partial charge in [0.05, 0.1) is 15.8 Å². The van der Waals surface area contributed by atoms with Crippen LogP contribution in [0, 0.1) is 3.95 Å². The van der Waals surface area contributed by atoms with E-state index in [1.165, 1.54) is 11.3 Å². The Morgan fingerprint density at radius 3 is 2.76 bits per heavy atom. The second kappa shape index (κ2) is 7.20. The second-order valence-electron chi connectivity index (χ2n) is 5.06. The number of rotatable bonds is 5. The SMILES string of the molecule is C[C@H](Sc1nn(-c2ccccc2)c(=S)s1)c1nnc(-c2cccs2)o1. The lowest BCUT2D eigenvalue weighted by molar-refractivity contribution is 0.510. The number of aromatic nitrogens is 4. The van der Waals surface area contributed by atoms with Gasteiger partial charge in [-0.3, -0.25) is 0 Å². The number of hydrogen-bond donors (Lipinski definition) is 0. The average molecular weight is 405 g/mol. The highest BCUT2D eigenvalue weighted by Gasteiger charge is 2.19. The Hall–Kier alpha value is -1.81. The van der Waals surface area contributed by atoms with Gasteiger partial charge in [-0.2, -0.15) is 0 Å². The van der Waals surface area contributed by atoms with Crippen molar-refractivity contribution in [3.05, 3.63) is 57.7 Å². The fourth-order valence-electron chi connectivity index (χ4n) is 2.14. The lowest BCUT2D eigenvalue weighted by Crippen LogP contribution is -1.96. The first-order valence-corrected chi connectivity index (χ1v) is 10.4. The summed E-state index contributed by atoms with van der Waals surface area (Å²) in [4.78, 5) is 0.972. The molecule has 0 aliphatic carbocycles. The van der Waals surface area contributed by atoms with Crippen LogP contribution in [0.25, 0.3) is 16.5 Å². The van der Waals surface area contributed by atoms with Crippen molar-refractivity contribution < 1.29 is 4.42 Å². The molecule has 0 radical (unpaired) electrons. The van der Waals surface area contributed by atoms with Gasteiger partial charge in [0.1, 0.15) is 0 Å². The maximum atomic E-state index is 5.80. The molecule has 1 atom stereocenters. The summed E-state index contributed by atoms with van der Waals surface area (Å²) in [5.74, 6) is 1.14. The van der Waals surface area contributed by atoms with Crippen LogP contribution in [0.3, 0.4) is 0 Å². The summed E-state index contributed by atoms with van der Waals surface area (Å²) in [5, 5.41) is 14.9. The molecule has 25 heavy (non-hydrogen) atoms. The van der Waals surface area contributed by atoms with E-state index in [-0.39, 0.29) is 5.25 Å². The molecule has 0 unspecified atom stereocenters. The van der Waals surface area contributed by atoms with Gasteiger partial charge < -0.3 is 4.42 Å². The molecule has 0 N–H and O–H groups in total. The predicted octanol–water partition coefficient (Wildman–Crippen LogP) is 5.63. The molecule has 0 bridgehead atoms. The van der Waals surface area contributed by atoms with Crippen molar-refractivity contribution in [1.82, 2.24) is 20.0 Å². The summed E-state index contributed by atoms with van der Waals surface area (Å²) in [6.07, 6.45) is 0. The van der Waals surface area contributed by atoms with Gasteiger partial charge in [0.2, 0.25) is 5.89 Å². The molecular weight excluding hydrogens is 392 g/mol. The fourth-order valence-corrected chi connectivity index (χ4v) is 5.32. The van der Waals surface area contributed by atoms with Crippen LogP contribution >= 0.6 is 46.7 Å². The Kier molecular flexibility index (Phi) is 4.80. The van der Waals surface area contributed by atoms with Gasteiger partial charge >= 0.3 is 0 Å². The lowest BCUT2D eigenvalue weighted by atomic mass is 10.3. The second-order valence-corrected chi connectivity index (χ2v) is 9.22. The Balaban J connectivity index is 1.54. The summed E-state index contributed by atoms with van der Waals surface area (Å²) in [6.45, 7) is 2.02. The first-order chi connectivity index (χ1) is 12.2. The predicted molar refractivity (Wildman–Crippen MR) is 104 cm³/mol. The van der Waals surface area contributed by atoms with Gasteiger partial charge in [0.25, 0.3) is 5.89 Å². The molecule has 0 aliphatic heterocycles. The number of thioether (sulfide) groups is 1. The maximum Gasteiger partial charge on any atom is 0.257 e. The van der Waals surface area contributed by atoms with Crippen molar-refractivity contribution in [2.75, 3.05) is 0 Å². The van der Waals surface area contributed by atoms with Crippen LogP contribution < -0.4 is 0 Å². The van der Waals surface area contributed by atoms with Crippen molar-refractivity contribution in [3.63, 3.8) is 0 Å². The molecule has 9 heteroatoms. The smallest absolute Gasteiger partial charge is 0.257 e. The lowest BCUT2D eigenvalue weighted by Gasteiger charge is -2.03. The molecule has 4 aromatic rings. The van der Waals surface area contributed by atoms with Crippen LogP contribution in [-0.4, -0.2) is 20.0 Å². The molecule has 0 fully saturated rings. The van der Waals surface area contributed by atoms with Crippen LogP contribution in [0.4, 0.5) is 0 Å². The Morgan fingerprint density at radius 2 is 2.00 bits per heavy atom. The molecule has 0 saturated carbocycles. The van der Waals surface area contributed by atoms with E-state index in [4.69, 9.17) is 16.6 Å². The number of para-hydroxylation sites is 1. The quantitative estimate of drug-likeness (QED) is 0.317. The van der Waals surface area contributed by atoms with Crippen molar-refractivity contribution in [1.29, 1.82) is 0 Å². The summed E-state index contributed by atoms with van der Waals surface area (Å²) in [7, 11) is 0.